The van der Waals surface area contributed by atoms with Crippen LogP contribution < -0.4 is 0 Å². The van der Waals surface area contributed by atoms with E-state index < -0.39 is 36.7 Å². The fourth-order valence-electron chi connectivity index (χ4n) is 0.740. The Morgan fingerprint density at radius 1 is 1.07 bits per heavy atom. The van der Waals surface area contributed by atoms with Gasteiger partial charge in [0.2, 0.25) is 0 Å². The standard InChI is InChI=1S/C6H8O8/c7-2-14-6(4(10)11,5(12)13)1-3(8)9/h7H,1-2H2,(H,8,9)(H,10,11)(H,12,13). The van der Waals surface area contributed by atoms with Crippen LogP contribution in [-0.2, 0) is 19.1 Å². The molecule has 0 aliphatic rings. The van der Waals surface area contributed by atoms with Crippen LogP contribution >= 0.6 is 0 Å². The van der Waals surface area contributed by atoms with Crippen LogP contribution in [0.4, 0.5) is 0 Å². The van der Waals surface area contributed by atoms with Crippen LogP contribution in [-0.4, -0.2) is 50.7 Å². The summed E-state index contributed by atoms with van der Waals surface area (Å²) in [4.78, 5) is 31.2. The molecule has 8 heteroatoms. The van der Waals surface area contributed by atoms with E-state index in [9.17, 15) is 14.4 Å². The van der Waals surface area contributed by atoms with Crippen LogP contribution in [0.25, 0.3) is 0 Å². The second-order valence-electron chi connectivity index (χ2n) is 2.28. The summed E-state index contributed by atoms with van der Waals surface area (Å²) in [5.41, 5.74) is -2.94. The Bertz CT molecular complexity index is 243. The Hall–Kier alpha value is -1.67. The molecule has 14 heavy (non-hydrogen) atoms. The normalized spacial score (nSPS) is 10.9. The lowest BCUT2D eigenvalue weighted by molar-refractivity contribution is -0.198. The Kier molecular flexibility index (Phi) is 3.99. The Morgan fingerprint density at radius 3 is 1.71 bits per heavy atom. The van der Waals surface area contributed by atoms with Crippen LogP contribution in [0.5, 0.6) is 0 Å². The van der Waals surface area contributed by atoms with Gasteiger partial charge in [0.15, 0.2) is 0 Å². The van der Waals surface area contributed by atoms with E-state index in [0.29, 0.717) is 0 Å². The van der Waals surface area contributed by atoms with Gasteiger partial charge in [0.25, 0.3) is 5.60 Å². The number of carbonyl (C=O) groups is 3. The molecule has 0 bridgehead atoms. The van der Waals surface area contributed by atoms with Gasteiger partial charge in [-0.25, -0.2) is 9.59 Å². The van der Waals surface area contributed by atoms with E-state index in [-0.39, 0.29) is 0 Å². The molecule has 0 rings (SSSR count). The van der Waals surface area contributed by atoms with Crippen LogP contribution in [0.3, 0.4) is 0 Å². The molecule has 0 amide bonds. The van der Waals surface area contributed by atoms with Gasteiger partial charge in [-0.1, -0.05) is 0 Å². The van der Waals surface area contributed by atoms with E-state index in [4.69, 9.17) is 20.4 Å². The van der Waals surface area contributed by atoms with Crippen LogP contribution in [0, 0.1) is 0 Å². The molecule has 0 aromatic rings. The van der Waals surface area contributed by atoms with Gasteiger partial charge in [-0.3, -0.25) is 4.79 Å². The number of aliphatic carboxylic acids is 3. The lowest BCUT2D eigenvalue weighted by atomic mass is 10.0. The van der Waals surface area contributed by atoms with Crippen molar-refractivity contribution in [3.63, 3.8) is 0 Å². The SMILES string of the molecule is O=C(O)CC(OCO)(C(=O)O)C(=O)O. The summed E-state index contributed by atoms with van der Waals surface area (Å²) in [6.07, 6.45) is -1.28. The summed E-state index contributed by atoms with van der Waals surface area (Å²) in [5.74, 6) is -5.63. The summed E-state index contributed by atoms with van der Waals surface area (Å²) in [7, 11) is 0. The average molecular weight is 208 g/mol. The molecule has 0 heterocycles. The number of aliphatic hydroxyl groups excluding tert-OH is 1. The van der Waals surface area contributed by atoms with Crippen molar-refractivity contribution < 1.29 is 39.5 Å². The van der Waals surface area contributed by atoms with Crippen molar-refractivity contribution in [2.75, 3.05) is 6.79 Å². The monoisotopic (exact) mass is 208 g/mol. The van der Waals surface area contributed by atoms with Gasteiger partial charge in [0.1, 0.15) is 6.79 Å². The number of hydrogen-bond acceptors (Lipinski definition) is 5. The number of aliphatic hydroxyl groups is 1. The zero-order chi connectivity index (χ0) is 11.4. The van der Waals surface area contributed by atoms with Crippen molar-refractivity contribution in [3.05, 3.63) is 0 Å². The highest BCUT2D eigenvalue weighted by Gasteiger charge is 2.50. The molecule has 0 aromatic heterocycles. The molecule has 0 fully saturated rings. The van der Waals surface area contributed by atoms with Gasteiger partial charge in [-0.05, 0) is 0 Å². The molecule has 0 unspecified atom stereocenters. The maximum Gasteiger partial charge on any atom is 0.348 e. The molecule has 0 aromatic carbocycles. The first-order chi connectivity index (χ1) is 6.36. The van der Waals surface area contributed by atoms with Gasteiger partial charge in [0, 0.05) is 0 Å². The van der Waals surface area contributed by atoms with E-state index in [1.54, 1.807) is 0 Å². The maximum absolute atomic E-state index is 10.5. The highest BCUT2D eigenvalue weighted by molar-refractivity contribution is 6.04. The van der Waals surface area contributed by atoms with Crippen molar-refractivity contribution in [3.8, 4) is 0 Å². The minimum atomic E-state index is -2.94. The summed E-state index contributed by atoms with van der Waals surface area (Å²) in [6.45, 7) is -1.20. The lowest BCUT2D eigenvalue weighted by Crippen LogP contribution is -2.51. The van der Waals surface area contributed by atoms with E-state index in [0.717, 1.165) is 0 Å². The van der Waals surface area contributed by atoms with E-state index >= 15 is 0 Å². The first-order valence-corrected chi connectivity index (χ1v) is 3.30. The van der Waals surface area contributed by atoms with Gasteiger partial charge in [-0.15, -0.1) is 0 Å². The number of hydrogen-bond donors (Lipinski definition) is 4. The first-order valence-electron chi connectivity index (χ1n) is 3.30. The summed E-state index contributed by atoms with van der Waals surface area (Å²) in [6, 6.07) is 0. The van der Waals surface area contributed by atoms with Gasteiger partial charge in [0.05, 0.1) is 6.42 Å². The fraction of sp³-hybridized carbons (Fsp3) is 0.500. The molecular formula is C6H8O8. The third-order valence-corrected chi connectivity index (χ3v) is 1.40. The Labute approximate surface area is 77.3 Å². The topological polar surface area (TPSA) is 141 Å². The van der Waals surface area contributed by atoms with Gasteiger partial charge < -0.3 is 25.2 Å². The number of carboxylic acids is 3. The van der Waals surface area contributed by atoms with Crippen LogP contribution in [0.2, 0.25) is 0 Å². The minimum Gasteiger partial charge on any atom is -0.481 e. The Balaban J connectivity index is 5.04. The maximum atomic E-state index is 10.5. The second-order valence-corrected chi connectivity index (χ2v) is 2.28. The lowest BCUT2D eigenvalue weighted by Gasteiger charge is -2.21. The summed E-state index contributed by atoms with van der Waals surface area (Å²) in [5, 5.41) is 33.5. The predicted octanol–water partition coefficient (Wildman–Crippen LogP) is -1.66. The smallest absolute Gasteiger partial charge is 0.348 e. The van der Waals surface area contributed by atoms with Crippen molar-refractivity contribution in [1.82, 2.24) is 0 Å². The second kappa shape index (κ2) is 4.53. The number of ether oxygens (including phenoxy) is 1. The molecule has 0 atom stereocenters. The quantitative estimate of drug-likeness (QED) is 0.300. The molecular weight excluding hydrogens is 200 g/mol. The Morgan fingerprint density at radius 2 is 1.50 bits per heavy atom. The largest absolute Gasteiger partial charge is 0.481 e. The highest BCUT2D eigenvalue weighted by Crippen LogP contribution is 2.17. The predicted molar refractivity (Wildman–Crippen MR) is 38.4 cm³/mol. The molecule has 0 saturated heterocycles. The first kappa shape index (κ1) is 12.3. The molecule has 0 aliphatic carbocycles. The molecule has 0 aliphatic heterocycles. The average Bonchev–Trinajstić information content (AvgIpc) is 2.01. The zero-order valence-electron chi connectivity index (χ0n) is 6.84. The van der Waals surface area contributed by atoms with Crippen molar-refractivity contribution in [2.45, 2.75) is 12.0 Å². The van der Waals surface area contributed by atoms with Crippen molar-refractivity contribution in [2.24, 2.45) is 0 Å². The van der Waals surface area contributed by atoms with Crippen molar-refractivity contribution >= 4 is 17.9 Å². The van der Waals surface area contributed by atoms with Gasteiger partial charge in [-0.2, -0.15) is 0 Å². The summed E-state index contributed by atoms with van der Waals surface area (Å²) >= 11 is 0. The third kappa shape index (κ3) is 2.41. The fourth-order valence-corrected chi connectivity index (χ4v) is 0.740. The van der Waals surface area contributed by atoms with Gasteiger partial charge >= 0.3 is 17.9 Å². The number of rotatable bonds is 6. The molecule has 4 N–H and O–H groups in total. The van der Waals surface area contributed by atoms with E-state index in [1.807, 2.05) is 0 Å². The molecule has 0 spiro atoms. The minimum absolute atomic E-state index is 1.20. The number of carboxylic acid groups (broad SMARTS) is 3. The van der Waals surface area contributed by atoms with Crippen LogP contribution in [0.1, 0.15) is 6.42 Å². The zero-order valence-corrected chi connectivity index (χ0v) is 6.84. The third-order valence-electron chi connectivity index (χ3n) is 1.40. The molecule has 0 radical (unpaired) electrons. The molecule has 80 valence electrons. The molecule has 8 nitrogen and oxygen atoms in total. The molecule has 0 saturated carbocycles. The van der Waals surface area contributed by atoms with Crippen molar-refractivity contribution in [1.29, 1.82) is 0 Å². The highest BCUT2D eigenvalue weighted by atomic mass is 16.6. The van der Waals surface area contributed by atoms with E-state index in [1.165, 1.54) is 0 Å². The summed E-state index contributed by atoms with van der Waals surface area (Å²) < 4.78 is 4.04. The van der Waals surface area contributed by atoms with Crippen LogP contribution in [0.15, 0.2) is 0 Å². The van der Waals surface area contributed by atoms with E-state index in [2.05, 4.69) is 4.74 Å².